The molecular weight excluding hydrogens is 238 g/mol. The summed E-state index contributed by atoms with van der Waals surface area (Å²) in [5.74, 6) is -0.714. The van der Waals surface area contributed by atoms with Crippen LogP contribution >= 0.6 is 0 Å². The van der Waals surface area contributed by atoms with Crippen LogP contribution in [0.3, 0.4) is 0 Å². The molecule has 0 aromatic heterocycles. The fourth-order valence-corrected chi connectivity index (χ4v) is 1.41. The van der Waals surface area contributed by atoms with Crippen LogP contribution in [0.4, 0.5) is 4.79 Å². The van der Waals surface area contributed by atoms with Gasteiger partial charge in [0, 0.05) is 25.7 Å². The van der Waals surface area contributed by atoms with E-state index in [0.717, 1.165) is 13.1 Å². The molecular formula is C12H19NO5. The van der Waals surface area contributed by atoms with Gasteiger partial charge in [0.05, 0.1) is 19.3 Å². The Morgan fingerprint density at radius 2 is 2.00 bits per heavy atom. The third-order valence-corrected chi connectivity index (χ3v) is 2.24. The topological polar surface area (TPSA) is 65.1 Å². The molecule has 6 nitrogen and oxygen atoms in total. The van der Waals surface area contributed by atoms with Crippen LogP contribution in [0.5, 0.6) is 0 Å². The number of hydrogen-bond donors (Lipinski definition) is 0. The van der Waals surface area contributed by atoms with Crippen LogP contribution in [-0.4, -0.2) is 56.0 Å². The molecule has 1 fully saturated rings. The molecule has 0 unspecified atom stereocenters. The van der Waals surface area contributed by atoms with Crippen molar-refractivity contribution in [3.05, 3.63) is 12.2 Å². The molecule has 102 valence electrons. The van der Waals surface area contributed by atoms with Crippen LogP contribution in [-0.2, 0) is 19.0 Å². The summed E-state index contributed by atoms with van der Waals surface area (Å²) in [6.45, 7) is 7.10. The van der Waals surface area contributed by atoms with E-state index in [1.165, 1.54) is 6.08 Å². The monoisotopic (exact) mass is 257 g/mol. The van der Waals surface area contributed by atoms with Crippen molar-refractivity contribution in [1.29, 1.82) is 0 Å². The van der Waals surface area contributed by atoms with E-state index < -0.39 is 12.1 Å². The maximum atomic E-state index is 11.2. The van der Waals surface area contributed by atoms with Crippen LogP contribution < -0.4 is 0 Å². The van der Waals surface area contributed by atoms with Crippen molar-refractivity contribution >= 4 is 12.1 Å². The fourth-order valence-electron chi connectivity index (χ4n) is 1.41. The minimum atomic E-state index is -0.967. The third-order valence-electron chi connectivity index (χ3n) is 2.24. The molecule has 0 bridgehead atoms. The molecule has 1 aliphatic rings. The highest BCUT2D eigenvalue weighted by atomic mass is 16.7. The molecule has 0 atom stereocenters. The molecule has 1 rings (SSSR count). The molecule has 1 aliphatic heterocycles. The number of hydrogen-bond acceptors (Lipinski definition) is 6. The van der Waals surface area contributed by atoms with Crippen molar-refractivity contribution in [3.8, 4) is 0 Å². The quantitative estimate of drug-likeness (QED) is 0.424. The zero-order valence-electron chi connectivity index (χ0n) is 10.8. The second-order valence-electron chi connectivity index (χ2n) is 4.15. The number of nitrogens with zero attached hydrogens (tertiary/aromatic N) is 1. The first-order valence-corrected chi connectivity index (χ1v) is 5.97. The van der Waals surface area contributed by atoms with Crippen LogP contribution in [0.1, 0.15) is 13.8 Å². The normalized spacial score (nSPS) is 17.1. The van der Waals surface area contributed by atoms with Gasteiger partial charge in [0.2, 0.25) is 0 Å². The lowest BCUT2D eigenvalue weighted by Crippen LogP contribution is -2.36. The Bertz CT molecular complexity index is 308. The third kappa shape index (κ3) is 6.36. The van der Waals surface area contributed by atoms with E-state index in [4.69, 9.17) is 4.74 Å². The lowest BCUT2D eigenvalue weighted by Gasteiger charge is -2.24. The second kappa shape index (κ2) is 7.84. The number of carbonyl (C=O) groups excluding carboxylic acids is 2. The fraction of sp³-hybridized carbons (Fsp3) is 0.667. The summed E-state index contributed by atoms with van der Waals surface area (Å²) < 4.78 is 14.3. The molecule has 0 aromatic rings. The standard InChI is InChI=1S/C12H19NO5/c1-10(2)17-12(15)18-11(14)4-3-5-13-6-8-16-9-7-13/h3-4,10H,5-9H2,1-2H3/b4-3+. The molecule has 18 heavy (non-hydrogen) atoms. The molecule has 0 spiro atoms. The molecule has 0 saturated carbocycles. The molecule has 1 heterocycles. The molecule has 6 heteroatoms. The summed E-state index contributed by atoms with van der Waals surface area (Å²) in [7, 11) is 0. The summed E-state index contributed by atoms with van der Waals surface area (Å²) in [6.07, 6.45) is 1.63. The Kier molecular flexibility index (Phi) is 6.38. The van der Waals surface area contributed by atoms with Gasteiger partial charge in [-0.1, -0.05) is 6.08 Å². The number of esters is 1. The maximum Gasteiger partial charge on any atom is 0.516 e. The number of rotatable bonds is 4. The molecule has 0 N–H and O–H groups in total. The predicted octanol–water partition coefficient (Wildman–Crippen LogP) is 0.963. The largest absolute Gasteiger partial charge is 0.516 e. The average molecular weight is 257 g/mol. The van der Waals surface area contributed by atoms with Crippen molar-refractivity contribution < 1.29 is 23.8 Å². The minimum Gasteiger partial charge on any atom is -0.431 e. The van der Waals surface area contributed by atoms with E-state index >= 15 is 0 Å². The van der Waals surface area contributed by atoms with Gasteiger partial charge in [-0.2, -0.15) is 0 Å². The van der Waals surface area contributed by atoms with E-state index in [0.29, 0.717) is 19.8 Å². The summed E-state index contributed by atoms with van der Waals surface area (Å²) >= 11 is 0. The first-order chi connectivity index (χ1) is 8.58. The van der Waals surface area contributed by atoms with E-state index in [2.05, 4.69) is 14.4 Å². The zero-order chi connectivity index (χ0) is 13.4. The number of morpholine rings is 1. The van der Waals surface area contributed by atoms with Gasteiger partial charge in [-0.25, -0.2) is 9.59 Å². The lowest BCUT2D eigenvalue weighted by atomic mass is 10.4. The summed E-state index contributed by atoms with van der Waals surface area (Å²) in [4.78, 5) is 24.4. The van der Waals surface area contributed by atoms with Gasteiger partial charge in [-0.15, -0.1) is 0 Å². The molecule has 0 radical (unpaired) electrons. The second-order valence-corrected chi connectivity index (χ2v) is 4.15. The molecule has 1 saturated heterocycles. The molecule has 0 aliphatic carbocycles. The van der Waals surface area contributed by atoms with E-state index in [1.807, 2.05) is 0 Å². The number of carbonyl (C=O) groups is 2. The number of ether oxygens (including phenoxy) is 3. The predicted molar refractivity (Wildman–Crippen MR) is 64.1 cm³/mol. The van der Waals surface area contributed by atoms with Gasteiger partial charge in [-0.05, 0) is 13.8 Å². The zero-order valence-corrected chi connectivity index (χ0v) is 10.8. The Morgan fingerprint density at radius 3 is 2.61 bits per heavy atom. The van der Waals surface area contributed by atoms with Crippen LogP contribution in [0.15, 0.2) is 12.2 Å². The highest BCUT2D eigenvalue weighted by molar-refractivity contribution is 5.89. The van der Waals surface area contributed by atoms with Crippen LogP contribution in [0.2, 0.25) is 0 Å². The van der Waals surface area contributed by atoms with Gasteiger partial charge < -0.3 is 14.2 Å². The van der Waals surface area contributed by atoms with Gasteiger partial charge in [0.1, 0.15) is 0 Å². The van der Waals surface area contributed by atoms with Crippen molar-refractivity contribution in [2.45, 2.75) is 20.0 Å². The summed E-state index contributed by atoms with van der Waals surface area (Å²) in [5, 5.41) is 0. The first kappa shape index (κ1) is 14.7. The lowest BCUT2D eigenvalue weighted by molar-refractivity contribution is -0.134. The van der Waals surface area contributed by atoms with Gasteiger partial charge in [0.15, 0.2) is 0 Å². The van der Waals surface area contributed by atoms with Crippen LogP contribution in [0, 0.1) is 0 Å². The Morgan fingerprint density at radius 1 is 1.33 bits per heavy atom. The maximum absolute atomic E-state index is 11.2. The molecule has 0 aromatic carbocycles. The summed E-state index contributed by atoms with van der Waals surface area (Å²) in [5.41, 5.74) is 0. The Labute approximate surface area is 106 Å². The van der Waals surface area contributed by atoms with E-state index in [-0.39, 0.29) is 6.10 Å². The Balaban J connectivity index is 2.20. The molecule has 0 amide bonds. The smallest absolute Gasteiger partial charge is 0.431 e. The van der Waals surface area contributed by atoms with E-state index in [1.54, 1.807) is 19.9 Å². The highest BCUT2D eigenvalue weighted by Crippen LogP contribution is 1.97. The van der Waals surface area contributed by atoms with E-state index in [9.17, 15) is 9.59 Å². The Hall–Kier alpha value is -1.40. The first-order valence-electron chi connectivity index (χ1n) is 5.97. The van der Waals surface area contributed by atoms with Crippen LogP contribution in [0.25, 0.3) is 0 Å². The van der Waals surface area contributed by atoms with Gasteiger partial charge >= 0.3 is 12.1 Å². The van der Waals surface area contributed by atoms with Crippen molar-refractivity contribution in [1.82, 2.24) is 4.90 Å². The van der Waals surface area contributed by atoms with Crippen molar-refractivity contribution in [3.63, 3.8) is 0 Å². The van der Waals surface area contributed by atoms with Crippen molar-refractivity contribution in [2.24, 2.45) is 0 Å². The summed E-state index contributed by atoms with van der Waals surface area (Å²) in [6, 6.07) is 0. The SMILES string of the molecule is CC(C)OC(=O)OC(=O)/C=C/CN1CCOCC1. The average Bonchev–Trinajstić information content (AvgIpc) is 2.29. The van der Waals surface area contributed by atoms with Gasteiger partial charge in [-0.3, -0.25) is 4.90 Å². The minimum absolute atomic E-state index is 0.303. The highest BCUT2D eigenvalue weighted by Gasteiger charge is 2.11. The van der Waals surface area contributed by atoms with Gasteiger partial charge in [0.25, 0.3) is 0 Å². The van der Waals surface area contributed by atoms with Crippen molar-refractivity contribution in [2.75, 3.05) is 32.8 Å².